The molecule has 220 valence electrons. The molecular weight excluding hydrogens is 530 g/mol. The lowest BCUT2D eigenvalue weighted by molar-refractivity contribution is -0.135. The predicted molar refractivity (Wildman–Crippen MR) is 154 cm³/mol. The van der Waals surface area contributed by atoms with Crippen molar-refractivity contribution < 1.29 is 28.2 Å². The quantitative estimate of drug-likeness (QED) is 0.291. The van der Waals surface area contributed by atoms with E-state index < -0.39 is 40.1 Å². The normalized spacial score (nSPS) is 17.4. The molecule has 0 bridgehead atoms. The van der Waals surface area contributed by atoms with Gasteiger partial charge in [0.1, 0.15) is 6.10 Å². The number of sulfonamides is 1. The van der Waals surface area contributed by atoms with E-state index in [0.29, 0.717) is 19.6 Å². The highest BCUT2D eigenvalue weighted by atomic mass is 32.2. The summed E-state index contributed by atoms with van der Waals surface area (Å²) in [6.07, 6.45) is -1.02. The number of hydrogen-bond acceptors (Lipinski definition) is 6. The molecule has 0 saturated carbocycles. The first-order chi connectivity index (χ1) is 18.9. The van der Waals surface area contributed by atoms with Gasteiger partial charge in [0.2, 0.25) is 15.9 Å². The Balaban J connectivity index is 1.81. The number of hydrogen-bond donors (Lipinski definition) is 4. The Morgan fingerprint density at radius 3 is 2.05 bits per heavy atom. The van der Waals surface area contributed by atoms with Gasteiger partial charge in [-0.15, -0.1) is 0 Å². The molecule has 2 aromatic carbocycles. The Hall–Kier alpha value is -2.79. The smallest absolute Gasteiger partial charge is 0.251 e. The minimum Gasteiger partial charge on any atom is -0.390 e. The zero-order valence-corrected chi connectivity index (χ0v) is 24.6. The first kappa shape index (κ1) is 31.7. The first-order valence-corrected chi connectivity index (χ1v) is 15.4. The van der Waals surface area contributed by atoms with Gasteiger partial charge >= 0.3 is 0 Å². The minimum absolute atomic E-state index is 0.120. The average Bonchev–Trinajstić information content (AvgIpc) is 3.48. The molecule has 1 saturated heterocycles. The molecule has 0 aliphatic carbocycles. The van der Waals surface area contributed by atoms with Crippen LogP contribution in [0, 0.1) is 17.8 Å². The summed E-state index contributed by atoms with van der Waals surface area (Å²) in [5.74, 6) is -1.81. The van der Waals surface area contributed by atoms with Gasteiger partial charge in [0, 0.05) is 25.2 Å². The Morgan fingerprint density at radius 1 is 0.900 bits per heavy atom. The van der Waals surface area contributed by atoms with Crippen LogP contribution < -0.4 is 10.6 Å². The molecule has 1 aliphatic rings. The third kappa shape index (κ3) is 8.13. The summed E-state index contributed by atoms with van der Waals surface area (Å²) in [6.45, 7) is 8.96. The molecule has 1 fully saturated rings. The van der Waals surface area contributed by atoms with Gasteiger partial charge in [0.25, 0.3) is 5.91 Å². The summed E-state index contributed by atoms with van der Waals surface area (Å²) in [4.78, 5) is 26.3. The van der Waals surface area contributed by atoms with Crippen LogP contribution in [0.25, 0.3) is 0 Å². The van der Waals surface area contributed by atoms with Crippen molar-refractivity contribution in [2.75, 3.05) is 19.6 Å². The van der Waals surface area contributed by atoms with Crippen LogP contribution in [-0.2, 0) is 21.2 Å². The molecule has 10 heteroatoms. The molecule has 0 aromatic heterocycles. The van der Waals surface area contributed by atoms with Crippen molar-refractivity contribution in [2.24, 2.45) is 17.8 Å². The highest BCUT2D eigenvalue weighted by molar-refractivity contribution is 7.89. The first-order valence-electron chi connectivity index (χ1n) is 14.0. The number of nitrogens with one attached hydrogen (secondary N) is 2. The molecule has 9 nitrogen and oxygen atoms in total. The monoisotopic (exact) mass is 573 g/mol. The molecule has 3 rings (SSSR count). The molecule has 2 aromatic rings. The highest BCUT2D eigenvalue weighted by Gasteiger charge is 2.38. The molecule has 4 unspecified atom stereocenters. The number of aliphatic hydroxyl groups is 2. The summed E-state index contributed by atoms with van der Waals surface area (Å²) in [6, 6.07) is 14.0. The van der Waals surface area contributed by atoms with Crippen molar-refractivity contribution in [1.82, 2.24) is 14.9 Å². The van der Waals surface area contributed by atoms with Gasteiger partial charge in [-0.2, -0.15) is 4.31 Å². The van der Waals surface area contributed by atoms with E-state index in [1.54, 1.807) is 13.8 Å². The van der Waals surface area contributed by atoms with Crippen LogP contribution in [-0.4, -0.2) is 72.6 Å². The van der Waals surface area contributed by atoms with E-state index in [1.807, 2.05) is 44.2 Å². The number of benzene rings is 2. The maximum Gasteiger partial charge on any atom is 0.251 e. The molecular formula is C30H43N3O6S. The van der Waals surface area contributed by atoms with E-state index in [4.69, 9.17) is 0 Å². The lowest BCUT2D eigenvalue weighted by Gasteiger charge is -2.33. The molecule has 2 amide bonds. The Kier molecular flexibility index (Phi) is 11.3. The molecule has 4 atom stereocenters. The number of carbonyl (C=O) groups excluding carboxylic acids is 2. The fourth-order valence-corrected chi connectivity index (χ4v) is 6.48. The fourth-order valence-electron chi connectivity index (χ4n) is 4.96. The molecule has 1 aliphatic heterocycles. The van der Waals surface area contributed by atoms with Crippen molar-refractivity contribution in [1.29, 1.82) is 0 Å². The largest absolute Gasteiger partial charge is 0.390 e. The average molecular weight is 574 g/mol. The Bertz CT molecular complexity index is 1210. The van der Waals surface area contributed by atoms with E-state index in [9.17, 15) is 28.2 Å². The van der Waals surface area contributed by atoms with Gasteiger partial charge in [0.15, 0.2) is 0 Å². The van der Waals surface area contributed by atoms with E-state index in [1.165, 1.54) is 28.6 Å². The standard InChI is InChI=1S/C30H43N3O6S/c1-20(2)19-31-30(37)26(21(3)4)28(35)27(34)25(18-22-10-6-5-7-11-22)32-29(36)23-12-14-24(15-13-23)40(38,39)33-16-8-9-17-33/h5-7,10-15,20-21,25-28,34-35H,8-9,16-19H2,1-4H3,(H,31,37)(H,32,36). The minimum atomic E-state index is -3.62. The number of rotatable bonds is 13. The van der Waals surface area contributed by atoms with Crippen molar-refractivity contribution in [2.45, 2.75) is 70.1 Å². The van der Waals surface area contributed by atoms with Crippen LogP contribution in [0.3, 0.4) is 0 Å². The second kappa shape index (κ2) is 14.2. The van der Waals surface area contributed by atoms with E-state index in [2.05, 4.69) is 10.6 Å². The van der Waals surface area contributed by atoms with Crippen LogP contribution in [0.2, 0.25) is 0 Å². The van der Waals surface area contributed by atoms with Crippen LogP contribution in [0.15, 0.2) is 59.5 Å². The van der Waals surface area contributed by atoms with Crippen molar-refractivity contribution in [3.8, 4) is 0 Å². The topological polar surface area (TPSA) is 136 Å². The van der Waals surface area contributed by atoms with Crippen LogP contribution in [0.4, 0.5) is 0 Å². The van der Waals surface area contributed by atoms with Crippen LogP contribution in [0.5, 0.6) is 0 Å². The SMILES string of the molecule is CC(C)CNC(=O)C(C(C)C)C(O)C(O)C(Cc1ccccc1)NC(=O)c1ccc(S(=O)(=O)N2CCCC2)cc1. The number of amides is 2. The van der Waals surface area contributed by atoms with Crippen molar-refractivity contribution >= 4 is 21.8 Å². The van der Waals surface area contributed by atoms with Gasteiger partial charge < -0.3 is 20.8 Å². The second-order valence-corrected chi connectivity index (χ2v) is 13.2. The summed E-state index contributed by atoms with van der Waals surface area (Å²) in [5.41, 5.74) is 1.05. The lowest BCUT2D eigenvalue weighted by Crippen LogP contribution is -2.55. The summed E-state index contributed by atoms with van der Waals surface area (Å²) < 4.78 is 27.1. The lowest BCUT2D eigenvalue weighted by atomic mass is 9.83. The van der Waals surface area contributed by atoms with Gasteiger partial charge in [0.05, 0.1) is 23.0 Å². The zero-order chi connectivity index (χ0) is 29.4. The zero-order valence-electron chi connectivity index (χ0n) is 23.8. The third-order valence-corrected chi connectivity index (χ3v) is 9.18. The predicted octanol–water partition coefficient (Wildman–Crippen LogP) is 2.58. The number of aliphatic hydroxyl groups excluding tert-OH is 2. The van der Waals surface area contributed by atoms with E-state index in [-0.39, 0.29) is 34.6 Å². The Morgan fingerprint density at radius 2 is 1.50 bits per heavy atom. The van der Waals surface area contributed by atoms with E-state index in [0.717, 1.165) is 18.4 Å². The molecule has 40 heavy (non-hydrogen) atoms. The third-order valence-electron chi connectivity index (χ3n) is 7.27. The maximum absolute atomic E-state index is 13.3. The van der Waals surface area contributed by atoms with Crippen molar-refractivity contribution in [3.63, 3.8) is 0 Å². The second-order valence-electron chi connectivity index (χ2n) is 11.3. The summed E-state index contributed by atoms with van der Waals surface area (Å²) in [5, 5.41) is 28.2. The number of nitrogens with zero attached hydrogens (tertiary/aromatic N) is 1. The van der Waals surface area contributed by atoms with E-state index >= 15 is 0 Å². The fraction of sp³-hybridized carbons (Fsp3) is 0.533. The van der Waals surface area contributed by atoms with Gasteiger partial charge in [-0.1, -0.05) is 58.0 Å². The van der Waals surface area contributed by atoms with Crippen LogP contribution >= 0.6 is 0 Å². The molecule has 4 N–H and O–H groups in total. The van der Waals surface area contributed by atoms with Gasteiger partial charge in [-0.3, -0.25) is 9.59 Å². The van der Waals surface area contributed by atoms with Gasteiger partial charge in [-0.05, 0) is 60.9 Å². The van der Waals surface area contributed by atoms with Crippen molar-refractivity contribution in [3.05, 3.63) is 65.7 Å². The van der Waals surface area contributed by atoms with Crippen LogP contribution in [0.1, 0.15) is 56.5 Å². The molecule has 0 spiro atoms. The van der Waals surface area contributed by atoms with Gasteiger partial charge in [-0.25, -0.2) is 8.42 Å². The highest BCUT2D eigenvalue weighted by Crippen LogP contribution is 2.23. The maximum atomic E-state index is 13.3. The summed E-state index contributed by atoms with van der Waals surface area (Å²) >= 11 is 0. The summed E-state index contributed by atoms with van der Waals surface area (Å²) in [7, 11) is -3.62. The molecule has 1 heterocycles. The number of carbonyl (C=O) groups is 2. The Labute approximate surface area is 238 Å². The molecule has 0 radical (unpaired) electrons.